The lowest BCUT2D eigenvalue weighted by molar-refractivity contribution is 0.00551. The van der Waals surface area contributed by atoms with Crippen LogP contribution in [0.3, 0.4) is 0 Å². The number of hydrogen-bond donors (Lipinski definition) is 1. The average Bonchev–Trinajstić information content (AvgIpc) is 2.43. The van der Waals surface area contributed by atoms with Crippen LogP contribution in [-0.2, 0) is 4.74 Å². The van der Waals surface area contributed by atoms with Crippen LogP contribution < -0.4 is 0 Å². The first kappa shape index (κ1) is 12.7. The molecular formula is C13H23NO3. The van der Waals surface area contributed by atoms with Crippen molar-refractivity contribution in [3.8, 4) is 0 Å². The monoisotopic (exact) mass is 241 g/mol. The zero-order chi connectivity index (χ0) is 12.6. The van der Waals surface area contributed by atoms with E-state index in [4.69, 9.17) is 4.74 Å². The van der Waals surface area contributed by atoms with Crippen molar-refractivity contribution in [3.63, 3.8) is 0 Å². The molecule has 0 radical (unpaired) electrons. The molecule has 2 saturated heterocycles. The third-order valence-corrected chi connectivity index (χ3v) is 3.58. The summed E-state index contributed by atoms with van der Waals surface area (Å²) in [6.07, 6.45) is 3.19. The van der Waals surface area contributed by atoms with E-state index in [1.54, 1.807) is 0 Å². The van der Waals surface area contributed by atoms with Crippen LogP contribution >= 0.6 is 0 Å². The van der Waals surface area contributed by atoms with Crippen molar-refractivity contribution >= 4 is 6.09 Å². The summed E-state index contributed by atoms with van der Waals surface area (Å²) >= 11 is 0. The normalized spacial score (nSPS) is 33.4. The molecule has 2 aliphatic heterocycles. The minimum absolute atomic E-state index is 0.165. The Labute approximate surface area is 103 Å². The molecule has 3 rings (SSSR count). The molecule has 0 spiro atoms. The molecule has 98 valence electrons. The number of aliphatic hydroxyl groups excluding tert-OH is 1. The number of ether oxygens (including phenoxy) is 1. The Kier molecular flexibility index (Phi) is 3.34. The van der Waals surface area contributed by atoms with Crippen molar-refractivity contribution in [1.29, 1.82) is 0 Å². The number of piperidine rings is 1. The Hall–Kier alpha value is -0.770. The van der Waals surface area contributed by atoms with Crippen LogP contribution in [0.2, 0.25) is 0 Å². The summed E-state index contributed by atoms with van der Waals surface area (Å²) in [5.41, 5.74) is -0.443. The molecule has 1 saturated carbocycles. The van der Waals surface area contributed by atoms with E-state index in [0.29, 0.717) is 12.3 Å². The van der Waals surface area contributed by atoms with Gasteiger partial charge in [-0.25, -0.2) is 4.79 Å². The Bertz CT molecular complexity index is 298. The van der Waals surface area contributed by atoms with Crippen LogP contribution in [0.25, 0.3) is 0 Å². The highest BCUT2D eigenvalue weighted by Crippen LogP contribution is 2.34. The molecule has 3 fully saturated rings. The van der Waals surface area contributed by atoms with Gasteiger partial charge in [0, 0.05) is 12.6 Å². The molecular weight excluding hydrogens is 218 g/mol. The molecule has 2 bridgehead atoms. The molecule has 17 heavy (non-hydrogen) atoms. The predicted octanol–water partition coefficient (Wildman–Crippen LogP) is 2.16. The quantitative estimate of drug-likeness (QED) is 0.707. The highest BCUT2D eigenvalue weighted by Gasteiger charge is 2.39. The number of carbonyl (C=O) groups is 1. The smallest absolute Gasteiger partial charge is 0.410 e. The molecule has 0 aromatic carbocycles. The lowest BCUT2D eigenvalue weighted by Crippen LogP contribution is -2.47. The number of rotatable bonds is 0. The molecule has 3 unspecified atom stereocenters. The standard InChI is InChI=1S/C13H23NO3/c1-13(2,3)17-12(16)14-8-9-4-5-10(14)7-11(15)6-9/h9-11,15H,4-8H2,1-3H3. The Morgan fingerprint density at radius 2 is 2.00 bits per heavy atom. The van der Waals surface area contributed by atoms with E-state index < -0.39 is 5.60 Å². The SMILES string of the molecule is CC(C)(C)OC(=O)N1CC2CCC1CC(O)C2. The summed E-state index contributed by atoms with van der Waals surface area (Å²) in [6, 6.07) is 0.165. The fourth-order valence-corrected chi connectivity index (χ4v) is 2.88. The Morgan fingerprint density at radius 3 is 2.65 bits per heavy atom. The molecule has 1 amide bonds. The molecule has 3 aliphatic rings. The van der Waals surface area contributed by atoms with E-state index in [2.05, 4.69) is 0 Å². The fourth-order valence-electron chi connectivity index (χ4n) is 2.88. The van der Waals surface area contributed by atoms with E-state index in [1.807, 2.05) is 25.7 Å². The van der Waals surface area contributed by atoms with Gasteiger partial charge in [-0.3, -0.25) is 0 Å². The Balaban J connectivity index is 2.04. The maximum absolute atomic E-state index is 12.1. The Morgan fingerprint density at radius 1 is 1.29 bits per heavy atom. The van der Waals surface area contributed by atoms with Gasteiger partial charge in [-0.1, -0.05) is 0 Å². The number of amides is 1. The van der Waals surface area contributed by atoms with Gasteiger partial charge in [0.05, 0.1) is 6.10 Å². The predicted molar refractivity (Wildman–Crippen MR) is 64.7 cm³/mol. The molecule has 3 atom stereocenters. The van der Waals surface area contributed by atoms with Crippen LogP contribution in [0.15, 0.2) is 0 Å². The van der Waals surface area contributed by atoms with E-state index in [1.165, 1.54) is 0 Å². The van der Waals surface area contributed by atoms with Crippen molar-refractivity contribution in [2.24, 2.45) is 5.92 Å². The number of fused-ring (bicyclic) bond motifs is 4. The first-order chi connectivity index (χ1) is 7.85. The van der Waals surface area contributed by atoms with Crippen LogP contribution in [0.4, 0.5) is 4.79 Å². The summed E-state index contributed by atoms with van der Waals surface area (Å²) in [5, 5.41) is 9.82. The average molecular weight is 241 g/mol. The largest absolute Gasteiger partial charge is 0.444 e. The molecule has 2 heterocycles. The minimum atomic E-state index is -0.443. The third-order valence-electron chi connectivity index (χ3n) is 3.58. The summed E-state index contributed by atoms with van der Waals surface area (Å²) < 4.78 is 5.43. The van der Waals surface area contributed by atoms with Crippen molar-refractivity contribution in [2.45, 2.75) is 64.2 Å². The first-order valence-electron chi connectivity index (χ1n) is 6.53. The summed E-state index contributed by atoms with van der Waals surface area (Å²) in [6.45, 7) is 6.40. The van der Waals surface area contributed by atoms with E-state index in [0.717, 1.165) is 25.8 Å². The molecule has 0 aromatic heterocycles. The maximum Gasteiger partial charge on any atom is 0.410 e. The van der Waals surface area contributed by atoms with Crippen LogP contribution in [0.5, 0.6) is 0 Å². The van der Waals surface area contributed by atoms with Crippen molar-refractivity contribution in [1.82, 2.24) is 4.90 Å². The summed E-state index contributed by atoms with van der Waals surface area (Å²) in [5.74, 6) is 0.441. The van der Waals surface area contributed by atoms with Crippen LogP contribution in [0, 0.1) is 5.92 Å². The summed E-state index contributed by atoms with van der Waals surface area (Å²) in [4.78, 5) is 13.9. The molecule has 4 heteroatoms. The molecule has 0 aromatic rings. The number of hydrogen-bond acceptors (Lipinski definition) is 3. The van der Waals surface area contributed by atoms with Gasteiger partial charge in [-0.05, 0) is 52.4 Å². The third kappa shape index (κ3) is 3.12. The number of nitrogens with zero attached hydrogens (tertiary/aromatic N) is 1. The van der Waals surface area contributed by atoms with Gasteiger partial charge in [0.15, 0.2) is 0 Å². The highest BCUT2D eigenvalue weighted by molar-refractivity contribution is 5.68. The second-order valence-corrected chi connectivity index (χ2v) is 6.36. The van der Waals surface area contributed by atoms with Gasteiger partial charge in [0.2, 0.25) is 0 Å². The lowest BCUT2D eigenvalue weighted by Gasteiger charge is -2.37. The lowest BCUT2D eigenvalue weighted by atomic mass is 9.95. The zero-order valence-corrected chi connectivity index (χ0v) is 11.0. The maximum atomic E-state index is 12.1. The zero-order valence-electron chi connectivity index (χ0n) is 11.0. The minimum Gasteiger partial charge on any atom is -0.444 e. The van der Waals surface area contributed by atoms with Crippen molar-refractivity contribution in [2.75, 3.05) is 6.54 Å². The van der Waals surface area contributed by atoms with Gasteiger partial charge < -0.3 is 14.7 Å². The van der Waals surface area contributed by atoms with Gasteiger partial charge in [0.25, 0.3) is 0 Å². The first-order valence-corrected chi connectivity index (χ1v) is 6.53. The van der Waals surface area contributed by atoms with Crippen LogP contribution in [-0.4, -0.2) is 40.4 Å². The van der Waals surface area contributed by atoms with Crippen molar-refractivity contribution < 1.29 is 14.6 Å². The van der Waals surface area contributed by atoms with Gasteiger partial charge in [-0.2, -0.15) is 0 Å². The van der Waals surface area contributed by atoms with E-state index >= 15 is 0 Å². The second-order valence-electron chi connectivity index (χ2n) is 6.36. The van der Waals surface area contributed by atoms with Crippen LogP contribution in [0.1, 0.15) is 46.5 Å². The van der Waals surface area contributed by atoms with E-state index in [9.17, 15) is 9.90 Å². The van der Waals surface area contributed by atoms with E-state index in [-0.39, 0.29) is 18.2 Å². The topological polar surface area (TPSA) is 49.8 Å². The summed E-state index contributed by atoms with van der Waals surface area (Å²) in [7, 11) is 0. The van der Waals surface area contributed by atoms with Gasteiger partial charge in [-0.15, -0.1) is 0 Å². The number of aliphatic hydroxyl groups is 1. The number of carbonyl (C=O) groups excluding carboxylic acids is 1. The highest BCUT2D eigenvalue weighted by atomic mass is 16.6. The van der Waals surface area contributed by atoms with Gasteiger partial charge in [0.1, 0.15) is 5.60 Å². The second kappa shape index (κ2) is 4.48. The van der Waals surface area contributed by atoms with Gasteiger partial charge >= 0.3 is 6.09 Å². The fraction of sp³-hybridized carbons (Fsp3) is 0.923. The van der Waals surface area contributed by atoms with Crippen molar-refractivity contribution in [3.05, 3.63) is 0 Å². The molecule has 1 N–H and O–H groups in total. The molecule has 4 nitrogen and oxygen atoms in total. The molecule has 1 aliphatic carbocycles.